The van der Waals surface area contributed by atoms with E-state index in [1.807, 2.05) is 30.3 Å². The largest absolute Gasteiger partial charge is 0.461 e. The van der Waals surface area contributed by atoms with Crippen LogP contribution in [0.2, 0.25) is 0 Å². The maximum absolute atomic E-state index is 11.9. The van der Waals surface area contributed by atoms with Gasteiger partial charge in [0.05, 0.1) is 5.92 Å². The van der Waals surface area contributed by atoms with E-state index >= 15 is 0 Å². The second-order valence-electron chi connectivity index (χ2n) is 4.63. The molecule has 1 aliphatic carbocycles. The Bertz CT molecular complexity index is 364. The van der Waals surface area contributed by atoms with Crippen LogP contribution in [0.15, 0.2) is 30.3 Å². The molecule has 17 heavy (non-hydrogen) atoms. The van der Waals surface area contributed by atoms with Crippen molar-refractivity contribution in [2.75, 3.05) is 6.54 Å². The van der Waals surface area contributed by atoms with Crippen LogP contribution in [0.4, 0.5) is 0 Å². The summed E-state index contributed by atoms with van der Waals surface area (Å²) in [5, 5.41) is 0. The summed E-state index contributed by atoms with van der Waals surface area (Å²) in [6.07, 6.45) is 3.07. The zero-order valence-corrected chi connectivity index (χ0v) is 9.97. The van der Waals surface area contributed by atoms with Gasteiger partial charge in [0, 0.05) is 0 Å². The van der Waals surface area contributed by atoms with Crippen LogP contribution in [-0.4, -0.2) is 12.5 Å². The molecule has 2 rings (SSSR count). The van der Waals surface area contributed by atoms with Gasteiger partial charge in [0.15, 0.2) is 0 Å². The Labute approximate surface area is 102 Å². The number of benzene rings is 1. The third kappa shape index (κ3) is 3.07. The molecule has 0 aromatic heterocycles. The smallest absolute Gasteiger partial charge is 0.309 e. The van der Waals surface area contributed by atoms with Crippen molar-refractivity contribution in [3.8, 4) is 0 Å². The third-order valence-corrected chi connectivity index (χ3v) is 3.49. The molecule has 0 heterocycles. The zero-order valence-electron chi connectivity index (χ0n) is 9.97. The van der Waals surface area contributed by atoms with E-state index in [4.69, 9.17) is 10.5 Å². The number of carbonyl (C=O) groups is 1. The van der Waals surface area contributed by atoms with E-state index < -0.39 is 0 Å². The maximum Gasteiger partial charge on any atom is 0.309 e. The van der Waals surface area contributed by atoms with Crippen molar-refractivity contribution in [1.29, 1.82) is 0 Å². The highest BCUT2D eigenvalue weighted by molar-refractivity contribution is 5.73. The van der Waals surface area contributed by atoms with Gasteiger partial charge in [-0.25, -0.2) is 0 Å². The average Bonchev–Trinajstić information content (AvgIpc) is 2.85. The minimum absolute atomic E-state index is 0.0173. The van der Waals surface area contributed by atoms with Gasteiger partial charge in [-0.15, -0.1) is 0 Å². The second kappa shape index (κ2) is 5.82. The Morgan fingerprint density at radius 1 is 1.29 bits per heavy atom. The molecule has 0 radical (unpaired) electrons. The van der Waals surface area contributed by atoms with Crippen LogP contribution in [0.25, 0.3) is 0 Å². The van der Waals surface area contributed by atoms with Crippen molar-refractivity contribution >= 4 is 5.97 Å². The molecular weight excluding hydrogens is 214 g/mol. The summed E-state index contributed by atoms with van der Waals surface area (Å²) >= 11 is 0. The van der Waals surface area contributed by atoms with Crippen LogP contribution in [0, 0.1) is 11.8 Å². The van der Waals surface area contributed by atoms with Crippen LogP contribution in [-0.2, 0) is 16.1 Å². The first-order chi connectivity index (χ1) is 8.31. The fraction of sp³-hybridized carbons (Fsp3) is 0.500. The van der Waals surface area contributed by atoms with E-state index in [1.165, 1.54) is 0 Å². The number of carbonyl (C=O) groups excluding carboxylic acids is 1. The van der Waals surface area contributed by atoms with Crippen molar-refractivity contribution in [1.82, 2.24) is 0 Å². The standard InChI is InChI=1S/C14H19NO2/c15-9-12-7-4-8-13(12)14(16)17-10-11-5-2-1-3-6-11/h1-3,5-6,12-13H,4,7-10,15H2. The Balaban J connectivity index is 1.85. The normalized spacial score (nSPS) is 23.6. The Morgan fingerprint density at radius 3 is 2.76 bits per heavy atom. The van der Waals surface area contributed by atoms with E-state index in [1.54, 1.807) is 0 Å². The lowest BCUT2D eigenvalue weighted by Crippen LogP contribution is -2.26. The molecule has 2 atom stereocenters. The van der Waals surface area contributed by atoms with E-state index in [0.717, 1.165) is 24.8 Å². The molecule has 2 unspecified atom stereocenters. The monoisotopic (exact) mass is 233 g/mol. The highest BCUT2D eigenvalue weighted by atomic mass is 16.5. The van der Waals surface area contributed by atoms with Gasteiger partial charge in [0.25, 0.3) is 0 Å². The fourth-order valence-corrected chi connectivity index (χ4v) is 2.46. The summed E-state index contributed by atoms with van der Waals surface area (Å²) in [5.74, 6) is 0.254. The molecule has 0 saturated heterocycles. The number of ether oxygens (including phenoxy) is 1. The van der Waals surface area contributed by atoms with Gasteiger partial charge in [-0.3, -0.25) is 4.79 Å². The Morgan fingerprint density at radius 2 is 2.06 bits per heavy atom. The SMILES string of the molecule is NCC1CCCC1C(=O)OCc1ccccc1. The van der Waals surface area contributed by atoms with Gasteiger partial charge >= 0.3 is 5.97 Å². The minimum atomic E-state index is -0.0817. The van der Waals surface area contributed by atoms with Crippen molar-refractivity contribution in [3.63, 3.8) is 0 Å². The van der Waals surface area contributed by atoms with Crippen LogP contribution < -0.4 is 5.73 Å². The quantitative estimate of drug-likeness (QED) is 0.810. The maximum atomic E-state index is 11.9. The predicted molar refractivity (Wildman–Crippen MR) is 66.1 cm³/mol. The van der Waals surface area contributed by atoms with Crippen LogP contribution >= 0.6 is 0 Å². The fourth-order valence-electron chi connectivity index (χ4n) is 2.46. The van der Waals surface area contributed by atoms with E-state index in [0.29, 0.717) is 19.1 Å². The molecule has 1 aromatic carbocycles. The Hall–Kier alpha value is -1.35. The third-order valence-electron chi connectivity index (χ3n) is 3.49. The first-order valence-electron chi connectivity index (χ1n) is 6.22. The highest BCUT2D eigenvalue weighted by Crippen LogP contribution is 2.31. The summed E-state index contributed by atoms with van der Waals surface area (Å²) in [4.78, 5) is 11.9. The van der Waals surface area contributed by atoms with Crippen molar-refractivity contribution in [3.05, 3.63) is 35.9 Å². The molecule has 3 nitrogen and oxygen atoms in total. The van der Waals surface area contributed by atoms with Crippen LogP contribution in [0.5, 0.6) is 0 Å². The summed E-state index contributed by atoms with van der Waals surface area (Å²) in [6, 6.07) is 9.76. The lowest BCUT2D eigenvalue weighted by atomic mass is 9.96. The van der Waals surface area contributed by atoms with E-state index in [2.05, 4.69) is 0 Å². The highest BCUT2D eigenvalue weighted by Gasteiger charge is 2.32. The van der Waals surface area contributed by atoms with Gasteiger partial charge in [0.2, 0.25) is 0 Å². The van der Waals surface area contributed by atoms with Crippen LogP contribution in [0.3, 0.4) is 0 Å². The molecule has 92 valence electrons. The molecule has 1 fully saturated rings. The number of hydrogen-bond donors (Lipinski definition) is 1. The van der Waals surface area contributed by atoms with Gasteiger partial charge in [-0.05, 0) is 30.9 Å². The van der Waals surface area contributed by atoms with Gasteiger partial charge in [-0.2, -0.15) is 0 Å². The molecule has 1 aliphatic rings. The molecule has 1 saturated carbocycles. The molecule has 1 aromatic rings. The molecule has 0 bridgehead atoms. The number of hydrogen-bond acceptors (Lipinski definition) is 3. The topological polar surface area (TPSA) is 52.3 Å². The van der Waals surface area contributed by atoms with Gasteiger partial charge in [-0.1, -0.05) is 36.8 Å². The lowest BCUT2D eigenvalue weighted by molar-refractivity contribution is -0.151. The summed E-state index contributed by atoms with van der Waals surface area (Å²) in [6.45, 7) is 0.957. The molecule has 0 amide bonds. The van der Waals surface area contributed by atoms with Crippen molar-refractivity contribution < 1.29 is 9.53 Å². The van der Waals surface area contributed by atoms with E-state index in [9.17, 15) is 4.79 Å². The van der Waals surface area contributed by atoms with Gasteiger partial charge in [0.1, 0.15) is 6.61 Å². The molecule has 2 N–H and O–H groups in total. The number of nitrogens with two attached hydrogens (primary N) is 1. The van der Waals surface area contributed by atoms with Crippen LogP contribution in [0.1, 0.15) is 24.8 Å². The summed E-state index contributed by atoms with van der Waals surface area (Å²) in [7, 11) is 0. The molecule has 0 spiro atoms. The lowest BCUT2D eigenvalue weighted by Gasteiger charge is -2.16. The number of esters is 1. The summed E-state index contributed by atoms with van der Waals surface area (Å²) < 4.78 is 5.35. The van der Waals surface area contributed by atoms with Crippen molar-refractivity contribution in [2.45, 2.75) is 25.9 Å². The first-order valence-corrected chi connectivity index (χ1v) is 6.22. The Kier molecular flexibility index (Phi) is 4.15. The predicted octanol–water partition coefficient (Wildman–Crippen LogP) is 2.10. The first kappa shape index (κ1) is 12.1. The second-order valence-corrected chi connectivity index (χ2v) is 4.63. The minimum Gasteiger partial charge on any atom is -0.461 e. The van der Waals surface area contributed by atoms with Crippen molar-refractivity contribution in [2.24, 2.45) is 17.6 Å². The van der Waals surface area contributed by atoms with Gasteiger partial charge < -0.3 is 10.5 Å². The molecule has 3 heteroatoms. The number of rotatable bonds is 4. The average molecular weight is 233 g/mol. The summed E-state index contributed by atoms with van der Waals surface area (Å²) in [5.41, 5.74) is 6.69. The molecular formula is C14H19NO2. The van der Waals surface area contributed by atoms with E-state index in [-0.39, 0.29) is 11.9 Å². The molecule has 0 aliphatic heterocycles. The zero-order chi connectivity index (χ0) is 12.1.